The van der Waals surface area contributed by atoms with E-state index in [-0.39, 0.29) is 23.9 Å². The van der Waals surface area contributed by atoms with Crippen LogP contribution < -0.4 is 28.4 Å². The van der Waals surface area contributed by atoms with Gasteiger partial charge in [-0.25, -0.2) is 4.79 Å². The molecule has 12 nitrogen and oxygen atoms in total. The van der Waals surface area contributed by atoms with E-state index in [1.807, 2.05) is 0 Å². The van der Waals surface area contributed by atoms with Gasteiger partial charge in [0, 0.05) is 32.4 Å². The molecule has 0 spiro atoms. The number of hydrogen-bond acceptors (Lipinski definition) is 12. The highest BCUT2D eigenvalue weighted by Crippen LogP contribution is 2.36. The zero-order valence-corrected chi connectivity index (χ0v) is 25.7. The molecule has 0 aliphatic rings. The van der Waals surface area contributed by atoms with Crippen LogP contribution in [0.4, 0.5) is 0 Å². The number of para-hydroxylation sites is 2. The SMILES string of the molecule is COc1cc(/C=C/C(=O)Oc2ccc([C@@H](OC(C)=O)[C@@H](COC(C)=O)Oc3ccccc3OC)cc2OC)ccc1OC(C)=O. The van der Waals surface area contributed by atoms with Gasteiger partial charge in [0.15, 0.2) is 46.7 Å². The second-order valence-electron chi connectivity index (χ2n) is 9.31. The summed E-state index contributed by atoms with van der Waals surface area (Å²) in [6.45, 7) is 3.49. The summed E-state index contributed by atoms with van der Waals surface area (Å²) in [6, 6.07) is 16.2. The monoisotopic (exact) mass is 622 g/mol. The number of ether oxygens (including phenoxy) is 8. The Morgan fingerprint density at radius 1 is 0.667 bits per heavy atom. The van der Waals surface area contributed by atoms with Crippen molar-refractivity contribution in [1.29, 1.82) is 0 Å². The lowest BCUT2D eigenvalue weighted by Crippen LogP contribution is -2.34. The van der Waals surface area contributed by atoms with E-state index < -0.39 is 36.1 Å². The fraction of sp³-hybridized carbons (Fsp3) is 0.273. The van der Waals surface area contributed by atoms with E-state index in [0.29, 0.717) is 28.4 Å². The number of methoxy groups -OCH3 is 3. The zero-order chi connectivity index (χ0) is 32.9. The summed E-state index contributed by atoms with van der Waals surface area (Å²) >= 11 is 0. The van der Waals surface area contributed by atoms with Gasteiger partial charge in [-0.15, -0.1) is 0 Å². The molecule has 2 atom stereocenters. The van der Waals surface area contributed by atoms with Gasteiger partial charge in [0.2, 0.25) is 0 Å². The number of rotatable bonds is 14. The van der Waals surface area contributed by atoms with Gasteiger partial charge in [-0.1, -0.05) is 24.3 Å². The minimum absolute atomic E-state index is 0.0856. The highest BCUT2D eigenvalue weighted by Gasteiger charge is 2.31. The Bertz CT molecular complexity index is 1540. The summed E-state index contributed by atoms with van der Waals surface area (Å²) < 4.78 is 43.7. The van der Waals surface area contributed by atoms with Crippen LogP contribution in [0, 0.1) is 0 Å². The number of carbonyl (C=O) groups excluding carboxylic acids is 4. The second kappa shape index (κ2) is 16.4. The molecule has 0 unspecified atom stereocenters. The third-order valence-corrected chi connectivity index (χ3v) is 6.01. The highest BCUT2D eigenvalue weighted by atomic mass is 16.6. The first-order valence-corrected chi connectivity index (χ1v) is 13.6. The van der Waals surface area contributed by atoms with Crippen LogP contribution in [0.2, 0.25) is 0 Å². The minimum Gasteiger partial charge on any atom is -0.493 e. The first kappa shape index (κ1) is 34.0. The molecule has 0 fully saturated rings. The number of carbonyl (C=O) groups is 4. The molecular formula is C33H34O12. The van der Waals surface area contributed by atoms with Crippen LogP contribution in [0.15, 0.2) is 66.7 Å². The van der Waals surface area contributed by atoms with Crippen molar-refractivity contribution < 1.29 is 57.1 Å². The summed E-state index contributed by atoms with van der Waals surface area (Å²) in [4.78, 5) is 47.8. The van der Waals surface area contributed by atoms with E-state index in [1.165, 1.54) is 66.4 Å². The smallest absolute Gasteiger partial charge is 0.336 e. The van der Waals surface area contributed by atoms with E-state index in [0.717, 1.165) is 0 Å². The minimum atomic E-state index is -1.07. The molecule has 0 saturated carbocycles. The van der Waals surface area contributed by atoms with Crippen LogP contribution in [0.25, 0.3) is 6.08 Å². The molecule has 3 aromatic rings. The highest BCUT2D eigenvalue weighted by molar-refractivity contribution is 5.89. The average Bonchev–Trinajstić information content (AvgIpc) is 3.01. The molecule has 0 saturated heterocycles. The van der Waals surface area contributed by atoms with Crippen molar-refractivity contribution in [1.82, 2.24) is 0 Å². The maximum Gasteiger partial charge on any atom is 0.336 e. The van der Waals surface area contributed by atoms with Crippen LogP contribution in [0.3, 0.4) is 0 Å². The van der Waals surface area contributed by atoms with Crippen molar-refractivity contribution in [2.24, 2.45) is 0 Å². The number of benzene rings is 3. The van der Waals surface area contributed by atoms with Gasteiger partial charge in [0.05, 0.1) is 21.3 Å². The molecule has 0 radical (unpaired) electrons. The van der Waals surface area contributed by atoms with Crippen molar-refractivity contribution in [3.8, 4) is 34.5 Å². The number of hydrogen-bond donors (Lipinski definition) is 0. The normalized spacial score (nSPS) is 12.0. The predicted molar refractivity (Wildman–Crippen MR) is 161 cm³/mol. The lowest BCUT2D eigenvalue weighted by molar-refractivity contribution is -0.157. The van der Waals surface area contributed by atoms with E-state index >= 15 is 0 Å². The van der Waals surface area contributed by atoms with Crippen LogP contribution in [-0.4, -0.2) is 57.9 Å². The predicted octanol–water partition coefficient (Wildman–Crippen LogP) is 4.87. The topological polar surface area (TPSA) is 142 Å². The van der Waals surface area contributed by atoms with Crippen molar-refractivity contribution in [3.05, 3.63) is 77.9 Å². The molecule has 45 heavy (non-hydrogen) atoms. The van der Waals surface area contributed by atoms with Gasteiger partial charge in [0.1, 0.15) is 6.61 Å². The Morgan fingerprint density at radius 3 is 1.91 bits per heavy atom. The average molecular weight is 623 g/mol. The molecule has 0 heterocycles. The lowest BCUT2D eigenvalue weighted by atomic mass is 10.0. The summed E-state index contributed by atoms with van der Waals surface area (Å²) in [7, 11) is 4.28. The summed E-state index contributed by atoms with van der Waals surface area (Å²) in [5.74, 6) is -0.853. The standard InChI is InChI=1S/C33H34O12/c1-20(34)41-19-31(44-26-10-8-7-9-25(26)38-4)33(43-22(3)36)24-13-15-28(30(18-24)40-6)45-32(37)16-12-23-11-14-27(42-21(2)35)29(17-23)39-5/h7-18,31,33H,19H2,1-6H3/b16-12+/t31-,33-/m1/s1. The van der Waals surface area contributed by atoms with Gasteiger partial charge < -0.3 is 37.9 Å². The van der Waals surface area contributed by atoms with Gasteiger partial charge in [-0.05, 0) is 48.0 Å². The summed E-state index contributed by atoms with van der Waals surface area (Å²) in [5, 5.41) is 0. The second-order valence-corrected chi connectivity index (χ2v) is 9.31. The van der Waals surface area contributed by atoms with Crippen LogP contribution in [-0.2, 0) is 28.7 Å². The van der Waals surface area contributed by atoms with E-state index in [9.17, 15) is 19.2 Å². The molecule has 3 rings (SSSR count). The fourth-order valence-corrected chi connectivity index (χ4v) is 4.08. The van der Waals surface area contributed by atoms with E-state index in [4.69, 9.17) is 37.9 Å². The first-order chi connectivity index (χ1) is 21.5. The number of esters is 4. The molecule has 12 heteroatoms. The van der Waals surface area contributed by atoms with Crippen LogP contribution in [0.1, 0.15) is 38.0 Å². The Kier molecular flexibility index (Phi) is 12.4. The Balaban J connectivity index is 1.87. The molecule has 0 amide bonds. The van der Waals surface area contributed by atoms with E-state index in [1.54, 1.807) is 48.5 Å². The van der Waals surface area contributed by atoms with Gasteiger partial charge >= 0.3 is 23.9 Å². The van der Waals surface area contributed by atoms with Crippen LogP contribution >= 0.6 is 0 Å². The van der Waals surface area contributed by atoms with Crippen LogP contribution in [0.5, 0.6) is 34.5 Å². The first-order valence-electron chi connectivity index (χ1n) is 13.6. The fourth-order valence-electron chi connectivity index (χ4n) is 4.08. The summed E-state index contributed by atoms with van der Waals surface area (Å²) in [5.41, 5.74) is 0.990. The van der Waals surface area contributed by atoms with E-state index in [2.05, 4.69) is 0 Å². The Morgan fingerprint density at radius 2 is 1.29 bits per heavy atom. The molecule has 3 aromatic carbocycles. The summed E-state index contributed by atoms with van der Waals surface area (Å²) in [6.07, 6.45) is 0.620. The molecule has 238 valence electrons. The molecule has 0 aromatic heterocycles. The van der Waals surface area contributed by atoms with Gasteiger partial charge in [0.25, 0.3) is 0 Å². The van der Waals surface area contributed by atoms with Gasteiger partial charge in [-0.3, -0.25) is 14.4 Å². The maximum absolute atomic E-state index is 12.7. The molecule has 0 bridgehead atoms. The lowest BCUT2D eigenvalue weighted by Gasteiger charge is -2.28. The largest absolute Gasteiger partial charge is 0.493 e. The maximum atomic E-state index is 12.7. The molecule has 0 aliphatic heterocycles. The van der Waals surface area contributed by atoms with Crippen molar-refractivity contribution in [2.45, 2.75) is 33.0 Å². The third-order valence-electron chi connectivity index (χ3n) is 6.01. The molecular weight excluding hydrogens is 588 g/mol. The van der Waals surface area contributed by atoms with Crippen molar-refractivity contribution in [2.75, 3.05) is 27.9 Å². The zero-order valence-electron chi connectivity index (χ0n) is 25.7. The quantitative estimate of drug-likeness (QED) is 0.137. The Hall–Kier alpha value is -5.52. The van der Waals surface area contributed by atoms with Crippen molar-refractivity contribution in [3.63, 3.8) is 0 Å². The Labute approximate surface area is 260 Å². The molecule has 0 aliphatic carbocycles. The van der Waals surface area contributed by atoms with Crippen molar-refractivity contribution >= 4 is 30.0 Å². The third kappa shape index (κ3) is 10.0. The molecule has 0 N–H and O–H groups in total. The van der Waals surface area contributed by atoms with Gasteiger partial charge in [-0.2, -0.15) is 0 Å².